The number of benzene rings is 2. The molecule has 2 N–H and O–H groups in total. The number of hydrogen-bond donors (Lipinski definition) is 2. The zero-order valence-electron chi connectivity index (χ0n) is 12.1. The van der Waals surface area contributed by atoms with E-state index in [4.69, 9.17) is 0 Å². The van der Waals surface area contributed by atoms with Crippen LogP contribution >= 0.6 is 0 Å². The Hall–Kier alpha value is -3.15. The van der Waals surface area contributed by atoms with Crippen LogP contribution in [0, 0.1) is 10.1 Å². The zero-order valence-corrected chi connectivity index (χ0v) is 12.1. The molecule has 0 aliphatic heterocycles. The first-order valence-corrected chi connectivity index (χ1v) is 7.08. The van der Waals surface area contributed by atoms with Gasteiger partial charge in [0.1, 0.15) is 0 Å². The molecule has 23 heavy (non-hydrogen) atoms. The maximum absolute atomic E-state index is 11.3. The Balaban J connectivity index is 2.07. The summed E-state index contributed by atoms with van der Waals surface area (Å²) in [6.07, 6.45) is 1.72. The summed E-state index contributed by atoms with van der Waals surface area (Å²) in [5.41, 5.74) is 2.53. The molecule has 3 aromatic rings. The Labute approximate surface area is 131 Å². The molecular weight excluding hydrogens is 296 g/mol. The molecule has 3 rings (SSSR count). The van der Waals surface area contributed by atoms with Crippen LogP contribution in [0.5, 0.6) is 0 Å². The number of carbonyl (C=O) groups is 1. The molecule has 6 nitrogen and oxygen atoms in total. The van der Waals surface area contributed by atoms with Gasteiger partial charge in [0.2, 0.25) is 0 Å². The third kappa shape index (κ3) is 2.91. The van der Waals surface area contributed by atoms with E-state index >= 15 is 0 Å². The molecule has 116 valence electrons. The molecule has 6 heteroatoms. The molecular formula is C17H14N2O4. The first-order valence-electron chi connectivity index (χ1n) is 7.08. The lowest BCUT2D eigenvalue weighted by Crippen LogP contribution is -2.07. The average molecular weight is 310 g/mol. The number of nitrogens with zero attached hydrogens (tertiary/aromatic N) is 1. The van der Waals surface area contributed by atoms with Crippen molar-refractivity contribution >= 4 is 22.6 Å². The highest BCUT2D eigenvalue weighted by molar-refractivity contribution is 5.85. The Kier molecular flexibility index (Phi) is 3.80. The minimum absolute atomic E-state index is 0.0123. The molecule has 0 spiro atoms. The van der Waals surface area contributed by atoms with Crippen LogP contribution in [0.2, 0.25) is 0 Å². The number of nitro benzene ring substituents is 1. The van der Waals surface area contributed by atoms with Gasteiger partial charge in [-0.15, -0.1) is 0 Å². The summed E-state index contributed by atoms with van der Waals surface area (Å²) in [5.74, 6) is -1.29. The van der Waals surface area contributed by atoms with Gasteiger partial charge in [0.05, 0.1) is 11.3 Å². The highest BCUT2D eigenvalue weighted by atomic mass is 16.6. The molecule has 0 aliphatic rings. The number of aromatic nitrogens is 1. The number of hydrogen-bond acceptors (Lipinski definition) is 3. The summed E-state index contributed by atoms with van der Waals surface area (Å²) >= 11 is 0. The number of H-pyrrole nitrogens is 1. The second-order valence-corrected chi connectivity index (χ2v) is 5.29. The van der Waals surface area contributed by atoms with E-state index in [1.54, 1.807) is 18.3 Å². The Morgan fingerprint density at radius 3 is 2.52 bits per heavy atom. The molecule has 0 amide bonds. The van der Waals surface area contributed by atoms with Crippen LogP contribution in [0.1, 0.15) is 23.5 Å². The Morgan fingerprint density at radius 2 is 1.87 bits per heavy atom. The summed E-state index contributed by atoms with van der Waals surface area (Å²) in [6, 6.07) is 13.7. The van der Waals surface area contributed by atoms with E-state index in [-0.39, 0.29) is 18.0 Å². The monoisotopic (exact) mass is 310 g/mol. The van der Waals surface area contributed by atoms with E-state index in [1.807, 2.05) is 24.3 Å². The van der Waals surface area contributed by atoms with Crippen molar-refractivity contribution < 1.29 is 14.8 Å². The first kappa shape index (κ1) is 14.8. The number of rotatable bonds is 5. The number of aromatic amines is 1. The maximum atomic E-state index is 11.3. The largest absolute Gasteiger partial charge is 0.481 e. The number of fused-ring (bicyclic) bond motifs is 1. The first-order chi connectivity index (χ1) is 11.1. The van der Waals surface area contributed by atoms with Crippen molar-refractivity contribution in [3.8, 4) is 0 Å². The fourth-order valence-corrected chi connectivity index (χ4v) is 2.79. The van der Waals surface area contributed by atoms with Crippen molar-refractivity contribution in [2.45, 2.75) is 12.3 Å². The summed E-state index contributed by atoms with van der Waals surface area (Å²) < 4.78 is 0. The SMILES string of the molecule is O=C(O)CC(c1ccc([N+](=O)[O-])cc1)c1c[nH]c2ccccc12. The van der Waals surface area contributed by atoms with Crippen molar-refractivity contribution in [1.82, 2.24) is 4.98 Å². The highest BCUT2D eigenvalue weighted by Gasteiger charge is 2.21. The third-order valence-electron chi connectivity index (χ3n) is 3.88. The van der Waals surface area contributed by atoms with Crippen LogP contribution in [0.25, 0.3) is 10.9 Å². The number of non-ortho nitro benzene ring substituents is 1. The number of nitro groups is 1. The van der Waals surface area contributed by atoms with Crippen LogP contribution in [0.4, 0.5) is 5.69 Å². The second kappa shape index (κ2) is 5.92. The lowest BCUT2D eigenvalue weighted by molar-refractivity contribution is -0.384. The van der Waals surface area contributed by atoms with Crippen molar-refractivity contribution in [3.63, 3.8) is 0 Å². The van der Waals surface area contributed by atoms with Gasteiger partial charge in [-0.05, 0) is 17.2 Å². The highest BCUT2D eigenvalue weighted by Crippen LogP contribution is 2.34. The van der Waals surface area contributed by atoms with Gasteiger partial charge in [-0.25, -0.2) is 0 Å². The average Bonchev–Trinajstić information content (AvgIpc) is 2.96. The molecule has 1 unspecified atom stereocenters. The predicted octanol–water partition coefficient (Wildman–Crippen LogP) is 3.68. The molecule has 1 aromatic heterocycles. The fraction of sp³-hybridized carbons (Fsp3) is 0.118. The summed E-state index contributed by atoms with van der Waals surface area (Å²) in [4.78, 5) is 24.7. The minimum atomic E-state index is -0.918. The van der Waals surface area contributed by atoms with Crippen LogP contribution in [0.15, 0.2) is 54.7 Å². The molecule has 1 heterocycles. The molecule has 1 atom stereocenters. The van der Waals surface area contributed by atoms with Crippen molar-refractivity contribution in [2.24, 2.45) is 0 Å². The summed E-state index contributed by atoms with van der Waals surface area (Å²) in [6.45, 7) is 0. The van der Waals surface area contributed by atoms with Crippen molar-refractivity contribution in [2.75, 3.05) is 0 Å². The smallest absolute Gasteiger partial charge is 0.304 e. The maximum Gasteiger partial charge on any atom is 0.304 e. The van der Waals surface area contributed by atoms with Crippen LogP contribution in [-0.2, 0) is 4.79 Å². The van der Waals surface area contributed by atoms with Crippen LogP contribution < -0.4 is 0 Å². The number of carboxylic acids is 1. The van der Waals surface area contributed by atoms with Gasteiger partial charge in [-0.3, -0.25) is 14.9 Å². The van der Waals surface area contributed by atoms with Crippen LogP contribution in [-0.4, -0.2) is 21.0 Å². The number of carboxylic acid groups (broad SMARTS) is 1. The lowest BCUT2D eigenvalue weighted by Gasteiger charge is -2.15. The molecule has 0 saturated heterocycles. The Bertz CT molecular complexity index is 868. The number of nitrogens with one attached hydrogen (secondary N) is 1. The van der Waals surface area contributed by atoms with Gasteiger partial charge >= 0.3 is 5.97 Å². The third-order valence-corrected chi connectivity index (χ3v) is 3.88. The van der Waals surface area contributed by atoms with Gasteiger partial charge < -0.3 is 10.1 Å². The number of aliphatic carboxylic acids is 1. The topological polar surface area (TPSA) is 96.2 Å². The van der Waals surface area contributed by atoms with Gasteiger partial charge in [-0.2, -0.15) is 0 Å². The van der Waals surface area contributed by atoms with Crippen LogP contribution in [0.3, 0.4) is 0 Å². The number of para-hydroxylation sites is 1. The van der Waals surface area contributed by atoms with Gasteiger partial charge in [-0.1, -0.05) is 30.3 Å². The molecule has 2 aromatic carbocycles. The summed E-state index contributed by atoms with van der Waals surface area (Å²) in [7, 11) is 0. The Morgan fingerprint density at radius 1 is 1.17 bits per heavy atom. The lowest BCUT2D eigenvalue weighted by atomic mass is 9.88. The quantitative estimate of drug-likeness (QED) is 0.555. The molecule has 0 bridgehead atoms. The van der Waals surface area contributed by atoms with Gasteiger partial charge in [0, 0.05) is 35.2 Å². The van der Waals surface area contributed by atoms with E-state index in [0.29, 0.717) is 0 Å². The van der Waals surface area contributed by atoms with Gasteiger partial charge in [0.15, 0.2) is 0 Å². The molecule has 0 fully saturated rings. The van der Waals surface area contributed by atoms with E-state index in [1.165, 1.54) is 12.1 Å². The van der Waals surface area contributed by atoms with Crippen molar-refractivity contribution in [1.29, 1.82) is 0 Å². The van der Waals surface area contributed by atoms with Gasteiger partial charge in [0.25, 0.3) is 5.69 Å². The molecule has 0 saturated carbocycles. The summed E-state index contributed by atoms with van der Waals surface area (Å²) in [5, 5.41) is 21.0. The predicted molar refractivity (Wildman–Crippen MR) is 85.5 cm³/mol. The second-order valence-electron chi connectivity index (χ2n) is 5.29. The normalized spacial score (nSPS) is 12.2. The molecule has 0 radical (unpaired) electrons. The van der Waals surface area contributed by atoms with Crippen molar-refractivity contribution in [3.05, 3.63) is 76.0 Å². The standard InChI is InChI=1S/C17H14N2O4/c20-17(21)9-14(11-5-7-12(8-6-11)19(22)23)15-10-18-16-4-2-1-3-13(15)16/h1-8,10,14,18H,9H2,(H,20,21). The van der Waals surface area contributed by atoms with E-state index in [2.05, 4.69) is 4.98 Å². The fourth-order valence-electron chi connectivity index (χ4n) is 2.79. The van der Waals surface area contributed by atoms with E-state index < -0.39 is 10.9 Å². The zero-order chi connectivity index (χ0) is 16.4. The van der Waals surface area contributed by atoms with E-state index in [9.17, 15) is 20.0 Å². The molecule has 0 aliphatic carbocycles. The minimum Gasteiger partial charge on any atom is -0.481 e. The van der Waals surface area contributed by atoms with E-state index in [0.717, 1.165) is 22.0 Å².